The molecule has 2 aromatic rings. The molecule has 0 aromatic heterocycles. The standard InChI is InChI=1S/C20H23BrN2O4/c1-4-25-17-11-15(12-18(26-5-2)19(17)27-6-3)20(24)23-22-13-14-7-9-16(21)10-8-14/h7-13H,4-6H2,1-3H3,(H,23,24)/b22-13+. The Morgan fingerprint density at radius 2 is 1.56 bits per heavy atom. The highest BCUT2D eigenvalue weighted by atomic mass is 79.9. The van der Waals surface area contributed by atoms with E-state index in [0.717, 1.165) is 10.0 Å². The summed E-state index contributed by atoms with van der Waals surface area (Å²) in [5.74, 6) is 1.06. The molecule has 0 aliphatic heterocycles. The number of rotatable bonds is 9. The van der Waals surface area contributed by atoms with E-state index < -0.39 is 0 Å². The van der Waals surface area contributed by atoms with E-state index in [1.165, 1.54) is 0 Å². The van der Waals surface area contributed by atoms with Gasteiger partial charge in [0.05, 0.1) is 26.0 Å². The summed E-state index contributed by atoms with van der Waals surface area (Å²) in [6, 6.07) is 10.8. The van der Waals surface area contributed by atoms with Gasteiger partial charge in [-0.05, 0) is 50.6 Å². The highest BCUT2D eigenvalue weighted by Crippen LogP contribution is 2.39. The van der Waals surface area contributed by atoms with Crippen LogP contribution in [0.15, 0.2) is 46.0 Å². The molecule has 2 aromatic carbocycles. The van der Waals surface area contributed by atoms with E-state index in [2.05, 4.69) is 26.5 Å². The Morgan fingerprint density at radius 3 is 2.07 bits per heavy atom. The van der Waals surface area contributed by atoms with Gasteiger partial charge in [0.2, 0.25) is 5.75 Å². The number of ether oxygens (including phenoxy) is 3. The SMILES string of the molecule is CCOc1cc(C(=O)N/N=C/c2ccc(Br)cc2)cc(OCC)c1OCC. The minimum atomic E-state index is -0.367. The average molecular weight is 435 g/mol. The van der Waals surface area contributed by atoms with Gasteiger partial charge >= 0.3 is 0 Å². The first-order chi connectivity index (χ1) is 13.1. The Morgan fingerprint density at radius 1 is 1.00 bits per heavy atom. The summed E-state index contributed by atoms with van der Waals surface area (Å²) in [5.41, 5.74) is 3.76. The Labute approximate surface area is 167 Å². The number of amides is 1. The van der Waals surface area contributed by atoms with Crippen molar-refractivity contribution in [2.75, 3.05) is 19.8 Å². The van der Waals surface area contributed by atoms with Gasteiger partial charge in [-0.2, -0.15) is 5.10 Å². The van der Waals surface area contributed by atoms with Crippen LogP contribution in [0.2, 0.25) is 0 Å². The van der Waals surface area contributed by atoms with Crippen molar-refractivity contribution in [1.29, 1.82) is 0 Å². The van der Waals surface area contributed by atoms with Crippen molar-refractivity contribution in [1.82, 2.24) is 5.43 Å². The maximum absolute atomic E-state index is 12.5. The highest BCUT2D eigenvalue weighted by molar-refractivity contribution is 9.10. The molecule has 1 N–H and O–H groups in total. The highest BCUT2D eigenvalue weighted by Gasteiger charge is 2.18. The van der Waals surface area contributed by atoms with Gasteiger partial charge in [0.25, 0.3) is 5.91 Å². The Kier molecular flexibility index (Phi) is 8.13. The van der Waals surface area contributed by atoms with E-state index in [4.69, 9.17) is 14.2 Å². The molecule has 0 aliphatic carbocycles. The Balaban J connectivity index is 2.21. The lowest BCUT2D eigenvalue weighted by atomic mass is 10.1. The summed E-state index contributed by atoms with van der Waals surface area (Å²) in [5, 5.41) is 4.00. The van der Waals surface area contributed by atoms with Crippen LogP contribution in [-0.2, 0) is 0 Å². The summed E-state index contributed by atoms with van der Waals surface area (Å²) < 4.78 is 17.9. The van der Waals surface area contributed by atoms with Crippen LogP contribution in [0.5, 0.6) is 17.2 Å². The number of hydrogen-bond acceptors (Lipinski definition) is 5. The van der Waals surface area contributed by atoms with Crippen LogP contribution in [0.25, 0.3) is 0 Å². The zero-order chi connectivity index (χ0) is 19.6. The second-order valence-corrected chi connectivity index (χ2v) is 6.27. The predicted molar refractivity (Wildman–Crippen MR) is 109 cm³/mol. The molecular weight excluding hydrogens is 412 g/mol. The van der Waals surface area contributed by atoms with Crippen molar-refractivity contribution in [2.24, 2.45) is 5.10 Å². The van der Waals surface area contributed by atoms with Gasteiger partial charge in [-0.25, -0.2) is 5.43 Å². The monoisotopic (exact) mass is 434 g/mol. The van der Waals surface area contributed by atoms with Gasteiger partial charge in [0, 0.05) is 10.0 Å². The zero-order valence-corrected chi connectivity index (χ0v) is 17.2. The molecule has 0 fully saturated rings. The fourth-order valence-corrected chi connectivity index (χ4v) is 2.56. The third-order valence-corrected chi connectivity index (χ3v) is 3.95. The second kappa shape index (κ2) is 10.6. The molecule has 1 amide bonds. The maximum atomic E-state index is 12.5. The summed E-state index contributed by atoms with van der Waals surface area (Å²) in [7, 11) is 0. The first-order valence-electron chi connectivity index (χ1n) is 8.74. The van der Waals surface area contributed by atoms with Crippen molar-refractivity contribution >= 4 is 28.1 Å². The van der Waals surface area contributed by atoms with Gasteiger partial charge in [-0.15, -0.1) is 0 Å². The van der Waals surface area contributed by atoms with Crippen molar-refractivity contribution in [3.05, 3.63) is 52.0 Å². The summed E-state index contributed by atoms with van der Waals surface area (Å²) in [4.78, 5) is 12.5. The minimum Gasteiger partial charge on any atom is -0.490 e. The lowest BCUT2D eigenvalue weighted by molar-refractivity contribution is 0.0954. The molecule has 0 saturated heterocycles. The van der Waals surface area contributed by atoms with Crippen molar-refractivity contribution in [3.63, 3.8) is 0 Å². The lowest BCUT2D eigenvalue weighted by Crippen LogP contribution is -2.18. The first-order valence-corrected chi connectivity index (χ1v) is 9.53. The molecule has 0 saturated carbocycles. The molecule has 27 heavy (non-hydrogen) atoms. The quantitative estimate of drug-likeness (QED) is 0.468. The first kappa shape index (κ1) is 20.8. The molecule has 0 atom stereocenters. The maximum Gasteiger partial charge on any atom is 0.271 e. The van der Waals surface area contributed by atoms with Gasteiger partial charge in [0.15, 0.2) is 11.5 Å². The van der Waals surface area contributed by atoms with Crippen molar-refractivity contribution < 1.29 is 19.0 Å². The predicted octanol–water partition coefficient (Wildman–Crippen LogP) is 4.41. The van der Waals surface area contributed by atoms with E-state index >= 15 is 0 Å². The summed E-state index contributed by atoms with van der Waals surface area (Å²) in [6.07, 6.45) is 1.58. The van der Waals surface area contributed by atoms with Crippen LogP contribution in [0, 0.1) is 0 Å². The molecule has 0 radical (unpaired) electrons. The number of nitrogens with zero attached hydrogens (tertiary/aromatic N) is 1. The number of hydrogen-bond donors (Lipinski definition) is 1. The van der Waals surface area contributed by atoms with E-state index in [0.29, 0.717) is 42.6 Å². The molecule has 0 unspecified atom stereocenters. The van der Waals surface area contributed by atoms with Gasteiger partial charge in [-0.3, -0.25) is 4.79 Å². The van der Waals surface area contributed by atoms with Gasteiger partial charge in [0.1, 0.15) is 0 Å². The molecule has 6 nitrogen and oxygen atoms in total. The number of nitrogens with one attached hydrogen (secondary N) is 1. The Hall–Kier alpha value is -2.54. The van der Waals surface area contributed by atoms with Crippen LogP contribution in [0.1, 0.15) is 36.7 Å². The zero-order valence-electron chi connectivity index (χ0n) is 15.6. The van der Waals surface area contributed by atoms with E-state index in [1.807, 2.05) is 45.0 Å². The number of hydrazone groups is 1. The fraction of sp³-hybridized carbons (Fsp3) is 0.300. The van der Waals surface area contributed by atoms with E-state index in [9.17, 15) is 4.79 Å². The van der Waals surface area contributed by atoms with Gasteiger partial charge < -0.3 is 14.2 Å². The molecule has 0 heterocycles. The van der Waals surface area contributed by atoms with Crippen LogP contribution in [0.4, 0.5) is 0 Å². The smallest absolute Gasteiger partial charge is 0.271 e. The van der Waals surface area contributed by atoms with Gasteiger partial charge in [-0.1, -0.05) is 28.1 Å². The normalized spacial score (nSPS) is 10.7. The molecule has 0 spiro atoms. The fourth-order valence-electron chi connectivity index (χ4n) is 2.30. The Bertz CT molecular complexity index is 764. The minimum absolute atomic E-state index is 0.367. The molecular formula is C20H23BrN2O4. The third-order valence-electron chi connectivity index (χ3n) is 3.42. The molecule has 0 bridgehead atoms. The van der Waals surface area contributed by atoms with Crippen LogP contribution < -0.4 is 19.6 Å². The van der Waals surface area contributed by atoms with Crippen molar-refractivity contribution in [3.8, 4) is 17.2 Å². The van der Waals surface area contributed by atoms with Crippen molar-refractivity contribution in [2.45, 2.75) is 20.8 Å². The molecule has 2 rings (SSSR count). The summed E-state index contributed by atoms with van der Waals surface area (Å²) in [6.45, 7) is 6.96. The average Bonchev–Trinajstić information content (AvgIpc) is 2.66. The summed E-state index contributed by atoms with van der Waals surface area (Å²) >= 11 is 3.37. The number of benzene rings is 2. The largest absolute Gasteiger partial charge is 0.490 e. The number of carbonyl (C=O) groups excluding carboxylic acids is 1. The van der Waals surface area contributed by atoms with Crippen LogP contribution >= 0.6 is 15.9 Å². The van der Waals surface area contributed by atoms with Crippen LogP contribution in [0.3, 0.4) is 0 Å². The number of halogens is 1. The third kappa shape index (κ3) is 5.99. The molecule has 7 heteroatoms. The molecule has 0 aliphatic rings. The second-order valence-electron chi connectivity index (χ2n) is 5.35. The topological polar surface area (TPSA) is 69.2 Å². The lowest BCUT2D eigenvalue weighted by Gasteiger charge is -2.16. The van der Waals surface area contributed by atoms with E-state index in [1.54, 1.807) is 18.3 Å². The molecule has 144 valence electrons. The van der Waals surface area contributed by atoms with E-state index in [-0.39, 0.29) is 5.91 Å². The van der Waals surface area contributed by atoms with Crippen LogP contribution in [-0.4, -0.2) is 31.9 Å². The number of carbonyl (C=O) groups is 1.